The first kappa shape index (κ1) is 23.6. The van der Waals surface area contributed by atoms with E-state index in [1.165, 1.54) is 17.0 Å². The quantitative estimate of drug-likeness (QED) is 0.414. The van der Waals surface area contributed by atoms with Crippen LogP contribution in [-0.4, -0.2) is 59.2 Å². The summed E-state index contributed by atoms with van der Waals surface area (Å²) in [4.78, 5) is 53.1. The minimum Gasteiger partial charge on any atom is -0.454 e. The van der Waals surface area contributed by atoms with Gasteiger partial charge in [0.25, 0.3) is 17.7 Å². The van der Waals surface area contributed by atoms with Crippen LogP contribution in [0.3, 0.4) is 0 Å². The first-order valence-corrected chi connectivity index (χ1v) is 10.0. The molecule has 3 amide bonds. The molecular formula is C22H24N4O5. The third kappa shape index (κ3) is 5.26. The number of rotatable bonds is 10. The lowest BCUT2D eigenvalue weighted by Crippen LogP contribution is -2.50. The van der Waals surface area contributed by atoms with Gasteiger partial charge in [-0.1, -0.05) is 32.4 Å². The van der Waals surface area contributed by atoms with Crippen LogP contribution in [-0.2, 0) is 14.3 Å². The number of ether oxygens (including phenoxy) is 1. The SMILES string of the molecule is CCC(C)C(C(=O)OCC(=O)N(CCC#N)CCC#N)N1C(=O)c2ccccc2C1=O. The maximum atomic E-state index is 12.9. The molecule has 1 heterocycles. The summed E-state index contributed by atoms with van der Waals surface area (Å²) in [5.74, 6) is -2.93. The van der Waals surface area contributed by atoms with Crippen LogP contribution in [0, 0.1) is 28.6 Å². The monoisotopic (exact) mass is 424 g/mol. The summed E-state index contributed by atoms with van der Waals surface area (Å²) < 4.78 is 5.20. The highest BCUT2D eigenvalue weighted by molar-refractivity contribution is 6.22. The van der Waals surface area contributed by atoms with Crippen LogP contribution in [0.25, 0.3) is 0 Å². The summed E-state index contributed by atoms with van der Waals surface area (Å²) in [7, 11) is 0. The van der Waals surface area contributed by atoms with E-state index in [0.29, 0.717) is 6.42 Å². The molecule has 162 valence electrons. The number of esters is 1. The second-order valence-electron chi connectivity index (χ2n) is 7.16. The summed E-state index contributed by atoms with van der Waals surface area (Å²) in [6.45, 7) is 3.17. The number of carbonyl (C=O) groups is 4. The van der Waals surface area contributed by atoms with Crippen molar-refractivity contribution >= 4 is 23.7 Å². The molecule has 0 N–H and O–H groups in total. The molecule has 1 aromatic carbocycles. The summed E-state index contributed by atoms with van der Waals surface area (Å²) >= 11 is 0. The minimum absolute atomic E-state index is 0.0790. The minimum atomic E-state index is -1.17. The summed E-state index contributed by atoms with van der Waals surface area (Å²) in [5, 5.41) is 17.5. The van der Waals surface area contributed by atoms with Gasteiger partial charge in [0.1, 0.15) is 6.04 Å². The smallest absolute Gasteiger partial charge is 0.330 e. The van der Waals surface area contributed by atoms with Crippen molar-refractivity contribution in [2.24, 2.45) is 5.92 Å². The maximum Gasteiger partial charge on any atom is 0.330 e. The topological polar surface area (TPSA) is 132 Å². The Morgan fingerprint density at radius 3 is 2.03 bits per heavy atom. The molecule has 31 heavy (non-hydrogen) atoms. The second kappa shape index (κ2) is 10.9. The van der Waals surface area contributed by atoms with E-state index in [9.17, 15) is 19.2 Å². The molecule has 2 atom stereocenters. The van der Waals surface area contributed by atoms with Crippen molar-refractivity contribution in [3.8, 4) is 12.1 Å². The first-order chi connectivity index (χ1) is 14.9. The Labute approximate surface area is 180 Å². The first-order valence-electron chi connectivity index (χ1n) is 10.0. The molecule has 0 aliphatic carbocycles. The molecule has 0 radical (unpaired) electrons. The summed E-state index contributed by atoms with van der Waals surface area (Å²) in [6, 6.07) is 9.01. The summed E-state index contributed by atoms with van der Waals surface area (Å²) in [5.41, 5.74) is 0.452. The van der Waals surface area contributed by atoms with Crippen LogP contribution >= 0.6 is 0 Å². The van der Waals surface area contributed by atoms with Gasteiger partial charge in [0.15, 0.2) is 6.61 Å². The van der Waals surface area contributed by atoms with Crippen molar-refractivity contribution in [2.45, 2.75) is 39.2 Å². The number of carbonyl (C=O) groups excluding carboxylic acids is 4. The van der Waals surface area contributed by atoms with E-state index in [-0.39, 0.29) is 37.1 Å². The molecule has 0 saturated heterocycles. The molecule has 0 bridgehead atoms. The van der Waals surface area contributed by atoms with Crippen LogP contribution in [0.15, 0.2) is 24.3 Å². The fourth-order valence-electron chi connectivity index (χ4n) is 3.32. The lowest BCUT2D eigenvalue weighted by atomic mass is 9.97. The van der Waals surface area contributed by atoms with Gasteiger partial charge in [0.2, 0.25) is 0 Å². The fraction of sp³-hybridized carbons (Fsp3) is 0.455. The highest BCUT2D eigenvalue weighted by Gasteiger charge is 2.45. The number of imide groups is 1. The normalized spacial score (nSPS) is 14.3. The van der Waals surface area contributed by atoms with Gasteiger partial charge in [0.05, 0.1) is 36.1 Å². The van der Waals surface area contributed by atoms with Crippen molar-refractivity contribution in [3.63, 3.8) is 0 Å². The number of hydrogen-bond donors (Lipinski definition) is 0. The maximum absolute atomic E-state index is 12.9. The van der Waals surface area contributed by atoms with Gasteiger partial charge < -0.3 is 9.64 Å². The summed E-state index contributed by atoms with van der Waals surface area (Å²) in [6.07, 6.45) is 0.656. The van der Waals surface area contributed by atoms with Gasteiger partial charge in [-0.3, -0.25) is 19.3 Å². The Morgan fingerprint density at radius 2 is 1.58 bits per heavy atom. The number of benzene rings is 1. The molecule has 1 aromatic rings. The number of fused-ring (bicyclic) bond motifs is 1. The molecule has 0 saturated carbocycles. The Hall–Kier alpha value is -3.72. The highest BCUT2D eigenvalue weighted by Crippen LogP contribution is 2.28. The van der Waals surface area contributed by atoms with E-state index >= 15 is 0 Å². The van der Waals surface area contributed by atoms with E-state index in [4.69, 9.17) is 15.3 Å². The third-order valence-electron chi connectivity index (χ3n) is 5.21. The Balaban J connectivity index is 2.15. The Morgan fingerprint density at radius 1 is 1.06 bits per heavy atom. The lowest BCUT2D eigenvalue weighted by molar-refractivity contribution is -0.156. The van der Waals surface area contributed by atoms with Crippen LogP contribution < -0.4 is 0 Å². The zero-order valence-electron chi connectivity index (χ0n) is 17.5. The molecular weight excluding hydrogens is 400 g/mol. The van der Waals surface area contributed by atoms with Crippen molar-refractivity contribution < 1.29 is 23.9 Å². The number of nitrogens with zero attached hydrogens (tertiary/aromatic N) is 4. The van der Waals surface area contributed by atoms with Crippen LogP contribution in [0.1, 0.15) is 53.8 Å². The van der Waals surface area contributed by atoms with Crippen LogP contribution in [0.5, 0.6) is 0 Å². The molecule has 9 heteroatoms. The van der Waals surface area contributed by atoms with Crippen molar-refractivity contribution in [2.75, 3.05) is 19.7 Å². The average molecular weight is 424 g/mol. The molecule has 0 aromatic heterocycles. The number of hydrogen-bond acceptors (Lipinski definition) is 7. The largest absolute Gasteiger partial charge is 0.454 e. The average Bonchev–Trinajstić information content (AvgIpc) is 3.03. The standard InChI is InChI=1S/C22H24N4O5/c1-3-15(2)19(26-20(28)16-8-4-5-9-17(16)21(26)29)22(30)31-14-18(27)25(12-6-10-23)13-7-11-24/h4-5,8-9,15,19H,3,6-7,12-14H2,1-2H3. The highest BCUT2D eigenvalue weighted by atomic mass is 16.5. The predicted molar refractivity (Wildman–Crippen MR) is 108 cm³/mol. The van der Waals surface area contributed by atoms with Gasteiger partial charge in [-0.25, -0.2) is 4.79 Å². The van der Waals surface area contributed by atoms with Crippen LogP contribution in [0.2, 0.25) is 0 Å². The fourth-order valence-corrected chi connectivity index (χ4v) is 3.32. The third-order valence-corrected chi connectivity index (χ3v) is 5.21. The van der Waals surface area contributed by atoms with Gasteiger partial charge in [-0.15, -0.1) is 0 Å². The van der Waals surface area contributed by atoms with Crippen molar-refractivity contribution in [1.82, 2.24) is 9.80 Å². The Kier molecular flexibility index (Phi) is 8.27. The second-order valence-corrected chi connectivity index (χ2v) is 7.16. The van der Waals surface area contributed by atoms with E-state index in [1.54, 1.807) is 19.1 Å². The number of amides is 3. The predicted octanol–water partition coefficient (Wildman–Crippen LogP) is 1.90. The van der Waals surface area contributed by atoms with Crippen LogP contribution in [0.4, 0.5) is 0 Å². The molecule has 1 aliphatic heterocycles. The van der Waals surface area contributed by atoms with E-state index in [2.05, 4.69) is 0 Å². The Bertz CT molecular complexity index is 893. The molecule has 0 spiro atoms. The van der Waals surface area contributed by atoms with E-state index in [0.717, 1.165) is 4.90 Å². The van der Waals surface area contributed by atoms with Crippen molar-refractivity contribution in [1.29, 1.82) is 10.5 Å². The molecule has 9 nitrogen and oxygen atoms in total. The zero-order chi connectivity index (χ0) is 23.0. The zero-order valence-corrected chi connectivity index (χ0v) is 17.5. The van der Waals surface area contributed by atoms with E-state index < -0.39 is 42.3 Å². The molecule has 2 rings (SSSR count). The van der Waals surface area contributed by atoms with Gasteiger partial charge >= 0.3 is 5.97 Å². The van der Waals surface area contributed by atoms with Gasteiger partial charge in [0, 0.05) is 13.1 Å². The van der Waals surface area contributed by atoms with Gasteiger partial charge in [-0.2, -0.15) is 10.5 Å². The lowest BCUT2D eigenvalue weighted by Gasteiger charge is -2.29. The molecule has 1 aliphatic rings. The van der Waals surface area contributed by atoms with Crippen molar-refractivity contribution in [3.05, 3.63) is 35.4 Å². The molecule has 2 unspecified atom stereocenters. The van der Waals surface area contributed by atoms with Gasteiger partial charge in [-0.05, 0) is 18.1 Å². The number of nitriles is 2. The van der Waals surface area contributed by atoms with E-state index in [1.807, 2.05) is 19.1 Å². The molecule has 0 fully saturated rings.